The van der Waals surface area contributed by atoms with Gasteiger partial charge < -0.3 is 15.7 Å². The van der Waals surface area contributed by atoms with E-state index in [-0.39, 0.29) is 11.3 Å². The van der Waals surface area contributed by atoms with Crippen LogP contribution in [-0.4, -0.2) is 17.6 Å². The Labute approximate surface area is 107 Å². The number of hydrogen-bond acceptors (Lipinski definition) is 3. The first-order valence-corrected chi connectivity index (χ1v) is 6.35. The third kappa shape index (κ3) is 3.15. The van der Waals surface area contributed by atoms with E-state index in [1.807, 2.05) is 12.1 Å². The standard InChI is InChI=1S/C14H20N2O2/c1-2-11-3-5-12(6-4-11)18-10-14(7-8-14)9-13(15)16-17/h3-6,17H,2,7-10H2,1H3,(H2,15,16). The Morgan fingerprint density at radius 3 is 2.56 bits per heavy atom. The fourth-order valence-electron chi connectivity index (χ4n) is 2.03. The van der Waals surface area contributed by atoms with Crippen LogP contribution in [0.25, 0.3) is 0 Å². The van der Waals surface area contributed by atoms with Gasteiger partial charge in [-0.25, -0.2) is 0 Å². The van der Waals surface area contributed by atoms with E-state index in [2.05, 4.69) is 24.2 Å². The molecule has 0 heterocycles. The lowest BCUT2D eigenvalue weighted by Crippen LogP contribution is -2.22. The first kappa shape index (κ1) is 12.7. The van der Waals surface area contributed by atoms with Gasteiger partial charge in [0.1, 0.15) is 11.6 Å². The number of aryl methyl sites for hydroxylation is 1. The van der Waals surface area contributed by atoms with E-state index in [4.69, 9.17) is 15.7 Å². The summed E-state index contributed by atoms with van der Waals surface area (Å²) in [6.07, 6.45) is 3.80. The molecule has 3 N–H and O–H groups in total. The van der Waals surface area contributed by atoms with E-state index < -0.39 is 0 Å². The maximum Gasteiger partial charge on any atom is 0.139 e. The number of oxime groups is 1. The summed E-state index contributed by atoms with van der Waals surface area (Å²) in [7, 11) is 0. The normalized spacial score (nSPS) is 17.5. The van der Waals surface area contributed by atoms with Crippen LogP contribution in [0.2, 0.25) is 0 Å². The average molecular weight is 248 g/mol. The minimum Gasteiger partial charge on any atom is -0.493 e. The number of amidine groups is 1. The van der Waals surface area contributed by atoms with Crippen molar-refractivity contribution < 1.29 is 9.94 Å². The van der Waals surface area contributed by atoms with Crippen LogP contribution in [0.15, 0.2) is 29.4 Å². The molecule has 1 aliphatic carbocycles. The lowest BCUT2D eigenvalue weighted by molar-refractivity contribution is 0.236. The van der Waals surface area contributed by atoms with Crippen molar-refractivity contribution in [1.82, 2.24) is 0 Å². The highest BCUT2D eigenvalue weighted by molar-refractivity contribution is 5.80. The van der Waals surface area contributed by atoms with E-state index in [9.17, 15) is 0 Å². The van der Waals surface area contributed by atoms with Crippen molar-refractivity contribution in [3.63, 3.8) is 0 Å². The third-order valence-corrected chi connectivity index (χ3v) is 3.52. The molecule has 1 aliphatic rings. The molecule has 1 saturated carbocycles. The highest BCUT2D eigenvalue weighted by Gasteiger charge is 2.44. The Morgan fingerprint density at radius 2 is 2.06 bits per heavy atom. The SMILES string of the molecule is CCc1ccc(OCC2(CC(N)=NO)CC2)cc1. The summed E-state index contributed by atoms with van der Waals surface area (Å²) >= 11 is 0. The van der Waals surface area contributed by atoms with Gasteiger partial charge in [0, 0.05) is 11.8 Å². The molecule has 18 heavy (non-hydrogen) atoms. The number of ether oxygens (including phenoxy) is 1. The van der Waals surface area contributed by atoms with Gasteiger partial charge >= 0.3 is 0 Å². The minimum atomic E-state index is 0.0831. The predicted molar refractivity (Wildman–Crippen MR) is 71.0 cm³/mol. The number of rotatable bonds is 6. The van der Waals surface area contributed by atoms with E-state index in [0.29, 0.717) is 13.0 Å². The zero-order valence-electron chi connectivity index (χ0n) is 10.7. The van der Waals surface area contributed by atoms with Crippen LogP contribution >= 0.6 is 0 Å². The molecule has 0 amide bonds. The number of nitrogens with zero attached hydrogens (tertiary/aromatic N) is 1. The summed E-state index contributed by atoms with van der Waals surface area (Å²) in [5.74, 6) is 1.18. The minimum absolute atomic E-state index is 0.0831. The molecule has 4 nitrogen and oxygen atoms in total. The molecule has 0 aliphatic heterocycles. The second-order valence-corrected chi connectivity index (χ2v) is 5.05. The van der Waals surface area contributed by atoms with Crippen LogP contribution in [0.3, 0.4) is 0 Å². The van der Waals surface area contributed by atoms with Crippen molar-refractivity contribution in [3.05, 3.63) is 29.8 Å². The number of nitrogens with two attached hydrogens (primary N) is 1. The zero-order chi connectivity index (χ0) is 13.0. The molecule has 0 unspecified atom stereocenters. The van der Waals surface area contributed by atoms with Crippen LogP contribution < -0.4 is 10.5 Å². The van der Waals surface area contributed by atoms with Gasteiger partial charge in [-0.3, -0.25) is 0 Å². The van der Waals surface area contributed by atoms with Gasteiger partial charge in [0.2, 0.25) is 0 Å². The molecule has 0 atom stereocenters. The van der Waals surface area contributed by atoms with E-state index in [1.54, 1.807) is 0 Å². The molecular formula is C14H20N2O2. The predicted octanol–water partition coefficient (Wildman–Crippen LogP) is 2.54. The first-order valence-electron chi connectivity index (χ1n) is 6.35. The van der Waals surface area contributed by atoms with Crippen LogP contribution in [0.5, 0.6) is 5.75 Å². The quantitative estimate of drug-likeness (QED) is 0.352. The highest BCUT2D eigenvalue weighted by atomic mass is 16.5. The maximum atomic E-state index is 8.59. The molecule has 4 heteroatoms. The van der Waals surface area contributed by atoms with Gasteiger partial charge in [-0.05, 0) is 37.0 Å². The first-order chi connectivity index (χ1) is 8.67. The molecule has 2 rings (SSSR count). The molecule has 0 bridgehead atoms. The van der Waals surface area contributed by atoms with Crippen molar-refractivity contribution >= 4 is 5.84 Å². The fraction of sp³-hybridized carbons (Fsp3) is 0.500. The molecule has 0 saturated heterocycles. The second-order valence-electron chi connectivity index (χ2n) is 5.05. The third-order valence-electron chi connectivity index (χ3n) is 3.52. The smallest absolute Gasteiger partial charge is 0.139 e. The van der Waals surface area contributed by atoms with Crippen LogP contribution in [0.4, 0.5) is 0 Å². The molecular weight excluding hydrogens is 228 g/mol. The molecule has 1 aromatic rings. The summed E-state index contributed by atoms with van der Waals surface area (Å²) < 4.78 is 5.79. The summed E-state index contributed by atoms with van der Waals surface area (Å²) in [5.41, 5.74) is 6.94. The van der Waals surface area contributed by atoms with Crippen molar-refractivity contribution in [2.45, 2.75) is 32.6 Å². The largest absolute Gasteiger partial charge is 0.493 e. The lowest BCUT2D eigenvalue weighted by atomic mass is 10.0. The van der Waals surface area contributed by atoms with Gasteiger partial charge in [-0.2, -0.15) is 0 Å². The van der Waals surface area contributed by atoms with Crippen LogP contribution in [0, 0.1) is 5.41 Å². The van der Waals surface area contributed by atoms with E-state index in [1.165, 1.54) is 5.56 Å². The Balaban J connectivity index is 1.87. The Morgan fingerprint density at radius 1 is 1.39 bits per heavy atom. The molecule has 0 radical (unpaired) electrons. The molecule has 1 aromatic carbocycles. The summed E-state index contributed by atoms with van der Waals surface area (Å²) in [5, 5.41) is 11.6. The molecule has 98 valence electrons. The van der Waals surface area contributed by atoms with Crippen molar-refractivity contribution in [2.75, 3.05) is 6.61 Å². The van der Waals surface area contributed by atoms with Crippen LogP contribution in [0.1, 0.15) is 31.7 Å². The van der Waals surface area contributed by atoms with Crippen molar-refractivity contribution in [3.8, 4) is 5.75 Å². The van der Waals surface area contributed by atoms with Crippen LogP contribution in [-0.2, 0) is 6.42 Å². The lowest BCUT2D eigenvalue weighted by Gasteiger charge is -2.15. The number of benzene rings is 1. The summed E-state index contributed by atoms with van der Waals surface area (Å²) in [6.45, 7) is 2.76. The van der Waals surface area contributed by atoms with Crippen molar-refractivity contribution in [1.29, 1.82) is 0 Å². The Hall–Kier alpha value is -1.71. The van der Waals surface area contributed by atoms with Gasteiger partial charge in [0.25, 0.3) is 0 Å². The zero-order valence-corrected chi connectivity index (χ0v) is 10.7. The fourth-order valence-corrected chi connectivity index (χ4v) is 2.03. The van der Waals surface area contributed by atoms with Gasteiger partial charge in [0.15, 0.2) is 0 Å². The van der Waals surface area contributed by atoms with Crippen molar-refractivity contribution in [2.24, 2.45) is 16.3 Å². The highest BCUT2D eigenvalue weighted by Crippen LogP contribution is 2.48. The Kier molecular flexibility index (Phi) is 3.75. The summed E-state index contributed by atoms with van der Waals surface area (Å²) in [4.78, 5) is 0. The number of hydrogen-bond donors (Lipinski definition) is 2. The average Bonchev–Trinajstić information content (AvgIpc) is 3.17. The van der Waals surface area contributed by atoms with Gasteiger partial charge in [-0.1, -0.05) is 24.2 Å². The topological polar surface area (TPSA) is 67.8 Å². The van der Waals surface area contributed by atoms with Gasteiger partial charge in [-0.15, -0.1) is 0 Å². The molecule has 0 spiro atoms. The monoisotopic (exact) mass is 248 g/mol. The second kappa shape index (κ2) is 5.29. The molecule has 1 fully saturated rings. The Bertz CT molecular complexity index is 422. The maximum absolute atomic E-state index is 8.59. The summed E-state index contributed by atoms with van der Waals surface area (Å²) in [6, 6.07) is 8.16. The molecule has 0 aromatic heterocycles. The van der Waals surface area contributed by atoms with E-state index in [0.717, 1.165) is 25.0 Å². The van der Waals surface area contributed by atoms with E-state index >= 15 is 0 Å². The van der Waals surface area contributed by atoms with Gasteiger partial charge in [0.05, 0.1) is 6.61 Å².